The van der Waals surface area contributed by atoms with Gasteiger partial charge >= 0.3 is 0 Å². The van der Waals surface area contributed by atoms with Gasteiger partial charge < -0.3 is 29.9 Å². The van der Waals surface area contributed by atoms with Crippen molar-refractivity contribution in [1.29, 1.82) is 0 Å². The summed E-state index contributed by atoms with van der Waals surface area (Å²) >= 11 is 0. The van der Waals surface area contributed by atoms with Gasteiger partial charge in [-0.2, -0.15) is 0 Å². The van der Waals surface area contributed by atoms with Gasteiger partial charge in [0, 0.05) is 6.61 Å². The van der Waals surface area contributed by atoms with Crippen LogP contribution >= 0.6 is 0 Å². The second-order valence-electron chi connectivity index (χ2n) is 3.75. The lowest BCUT2D eigenvalue weighted by atomic mass is 10.1. The Kier molecular flexibility index (Phi) is 9.62. The molecule has 6 heteroatoms. The van der Waals surface area contributed by atoms with Crippen molar-refractivity contribution in [3.05, 3.63) is 6.92 Å². The van der Waals surface area contributed by atoms with Gasteiger partial charge in [0.05, 0.1) is 25.9 Å². The molecule has 0 aliphatic heterocycles. The van der Waals surface area contributed by atoms with E-state index in [0.717, 1.165) is 0 Å². The van der Waals surface area contributed by atoms with Crippen LogP contribution in [0.5, 0.6) is 0 Å². The first-order valence-electron chi connectivity index (χ1n) is 5.70. The summed E-state index contributed by atoms with van der Waals surface area (Å²) in [6.45, 7) is 4.93. The highest BCUT2D eigenvalue weighted by molar-refractivity contribution is 4.76. The number of ether oxygens (including phenoxy) is 2. The van der Waals surface area contributed by atoms with Crippen LogP contribution in [0.4, 0.5) is 0 Å². The molecule has 0 aromatic heterocycles. The molecule has 0 saturated carbocycles. The van der Waals surface area contributed by atoms with E-state index in [1.807, 2.05) is 0 Å². The number of hydrogen-bond acceptors (Lipinski definition) is 6. The number of aliphatic hydroxyl groups excluding tert-OH is 4. The van der Waals surface area contributed by atoms with Gasteiger partial charge in [0.25, 0.3) is 0 Å². The van der Waals surface area contributed by atoms with Crippen molar-refractivity contribution in [1.82, 2.24) is 0 Å². The molecule has 0 aromatic rings. The van der Waals surface area contributed by atoms with Crippen molar-refractivity contribution in [3.8, 4) is 0 Å². The van der Waals surface area contributed by atoms with Crippen molar-refractivity contribution >= 4 is 0 Å². The molecule has 0 fully saturated rings. The van der Waals surface area contributed by atoms with Gasteiger partial charge in [0.2, 0.25) is 0 Å². The lowest BCUT2D eigenvalue weighted by Gasteiger charge is -2.26. The van der Waals surface area contributed by atoms with Crippen molar-refractivity contribution in [2.24, 2.45) is 0 Å². The van der Waals surface area contributed by atoms with Gasteiger partial charge in [-0.1, -0.05) is 6.92 Å². The van der Waals surface area contributed by atoms with E-state index >= 15 is 0 Å². The Morgan fingerprint density at radius 1 is 1.18 bits per heavy atom. The van der Waals surface area contributed by atoms with Crippen LogP contribution in [-0.2, 0) is 9.47 Å². The molecule has 1 radical (unpaired) electrons. The van der Waals surface area contributed by atoms with E-state index in [1.54, 1.807) is 6.92 Å². The molecule has 0 heterocycles. The summed E-state index contributed by atoms with van der Waals surface area (Å²) in [6, 6.07) is 0. The molecule has 0 amide bonds. The highest BCUT2D eigenvalue weighted by Gasteiger charge is 2.26. The van der Waals surface area contributed by atoms with Crippen molar-refractivity contribution in [2.45, 2.75) is 37.8 Å². The minimum absolute atomic E-state index is 0.0208. The van der Waals surface area contributed by atoms with Crippen molar-refractivity contribution in [2.75, 3.05) is 26.4 Å². The third kappa shape index (κ3) is 6.92. The maximum Gasteiger partial charge on any atom is 0.108 e. The van der Waals surface area contributed by atoms with Gasteiger partial charge in [0.1, 0.15) is 18.3 Å². The average Bonchev–Trinajstić information content (AvgIpc) is 2.35. The topological polar surface area (TPSA) is 99.4 Å². The van der Waals surface area contributed by atoms with E-state index in [4.69, 9.17) is 19.7 Å². The van der Waals surface area contributed by atoms with Gasteiger partial charge in [-0.15, -0.1) is 0 Å². The van der Waals surface area contributed by atoms with Crippen LogP contribution in [0.3, 0.4) is 0 Å². The van der Waals surface area contributed by atoms with E-state index in [0.29, 0.717) is 6.42 Å². The van der Waals surface area contributed by atoms with E-state index in [1.165, 1.54) is 0 Å². The summed E-state index contributed by atoms with van der Waals surface area (Å²) in [5.41, 5.74) is 0. The highest BCUT2D eigenvalue weighted by atomic mass is 16.5. The molecule has 0 saturated heterocycles. The van der Waals surface area contributed by atoms with Crippen LogP contribution in [0, 0.1) is 6.92 Å². The van der Waals surface area contributed by atoms with Crippen LogP contribution in [0.15, 0.2) is 0 Å². The van der Waals surface area contributed by atoms with Crippen LogP contribution < -0.4 is 0 Å². The summed E-state index contributed by atoms with van der Waals surface area (Å²) in [5.74, 6) is 0. The Balaban J connectivity index is 4.05. The lowest BCUT2D eigenvalue weighted by Crippen LogP contribution is -2.42. The molecule has 17 heavy (non-hydrogen) atoms. The van der Waals surface area contributed by atoms with Crippen molar-refractivity contribution in [3.63, 3.8) is 0 Å². The second-order valence-corrected chi connectivity index (χ2v) is 3.75. The quantitative estimate of drug-likeness (QED) is 0.385. The molecule has 0 rings (SSSR count). The van der Waals surface area contributed by atoms with Gasteiger partial charge in [-0.05, 0) is 13.3 Å². The monoisotopic (exact) mass is 251 g/mol. The Labute approximate surface area is 102 Å². The Bertz CT molecular complexity index is 177. The number of hydrogen-bond donors (Lipinski definition) is 4. The zero-order valence-electron chi connectivity index (χ0n) is 10.2. The minimum Gasteiger partial charge on any atom is -0.394 e. The first-order chi connectivity index (χ1) is 8.06. The third-order valence-corrected chi connectivity index (χ3v) is 2.32. The molecule has 4 N–H and O–H groups in total. The lowest BCUT2D eigenvalue weighted by molar-refractivity contribution is -0.123. The van der Waals surface area contributed by atoms with Crippen molar-refractivity contribution < 1.29 is 29.9 Å². The molecule has 0 aromatic carbocycles. The highest BCUT2D eigenvalue weighted by Crippen LogP contribution is 2.09. The van der Waals surface area contributed by atoms with Crippen LogP contribution in [0.2, 0.25) is 0 Å². The summed E-state index contributed by atoms with van der Waals surface area (Å²) in [5, 5.41) is 37.1. The summed E-state index contributed by atoms with van der Waals surface area (Å²) in [7, 11) is 0. The van der Waals surface area contributed by atoms with Gasteiger partial charge in [0.15, 0.2) is 0 Å². The zero-order valence-corrected chi connectivity index (χ0v) is 10.2. The molecule has 4 unspecified atom stereocenters. The predicted molar refractivity (Wildman–Crippen MR) is 61.3 cm³/mol. The molecule has 6 nitrogen and oxygen atoms in total. The minimum atomic E-state index is -1.10. The van der Waals surface area contributed by atoms with Crippen LogP contribution in [0.1, 0.15) is 13.3 Å². The molecule has 4 atom stereocenters. The third-order valence-electron chi connectivity index (χ3n) is 2.32. The Morgan fingerprint density at radius 3 is 2.29 bits per heavy atom. The maximum absolute atomic E-state index is 9.77. The fourth-order valence-electron chi connectivity index (χ4n) is 1.30. The fourth-order valence-corrected chi connectivity index (χ4v) is 1.30. The van der Waals surface area contributed by atoms with Gasteiger partial charge in [-0.25, -0.2) is 0 Å². The molecule has 0 aliphatic carbocycles. The first-order valence-corrected chi connectivity index (χ1v) is 5.70. The molecule has 0 aliphatic rings. The van der Waals surface area contributed by atoms with E-state index < -0.39 is 31.0 Å². The summed E-state index contributed by atoms with van der Waals surface area (Å²) in [6.07, 6.45) is -3.28. The van der Waals surface area contributed by atoms with E-state index in [2.05, 4.69) is 6.92 Å². The second kappa shape index (κ2) is 9.76. The summed E-state index contributed by atoms with van der Waals surface area (Å²) < 4.78 is 10.1. The molecule has 0 bridgehead atoms. The smallest absolute Gasteiger partial charge is 0.108 e. The number of rotatable bonds is 10. The Hall–Kier alpha value is -0.240. The Morgan fingerprint density at radius 2 is 1.82 bits per heavy atom. The van der Waals surface area contributed by atoms with E-state index in [9.17, 15) is 10.2 Å². The van der Waals surface area contributed by atoms with E-state index in [-0.39, 0.29) is 19.8 Å². The molecular formula is C11H23O6. The fraction of sp³-hybridized carbons (Fsp3) is 0.909. The van der Waals surface area contributed by atoms with Crippen LogP contribution in [0.25, 0.3) is 0 Å². The normalized spacial score (nSPS) is 18.7. The first kappa shape index (κ1) is 16.8. The standard InChI is InChI=1S/C11H23O6/c1-3-10(17-6-8(13)5-12)11(15)9(14)7-16-4-2/h8-15H,2-7H2,1H3. The predicted octanol–water partition coefficient (Wildman–Crippen LogP) is -1.29. The molecular weight excluding hydrogens is 228 g/mol. The summed E-state index contributed by atoms with van der Waals surface area (Å²) in [4.78, 5) is 0. The molecule has 0 spiro atoms. The maximum atomic E-state index is 9.77. The van der Waals surface area contributed by atoms with Gasteiger partial charge in [-0.3, -0.25) is 0 Å². The zero-order chi connectivity index (χ0) is 13.3. The average molecular weight is 251 g/mol. The number of aliphatic hydroxyl groups is 4. The van der Waals surface area contributed by atoms with Crippen LogP contribution in [-0.4, -0.2) is 71.3 Å². The molecule has 103 valence electrons. The largest absolute Gasteiger partial charge is 0.394 e. The SMILES string of the molecule is [CH2]COCC(O)C(O)C(CC)OCC(O)CO.